The SMILES string of the molecule is CCc1cc(Nc2ncc3cnn(C4CCc5ccccc54)c3n2)ccc1C(=O)O. The minimum Gasteiger partial charge on any atom is -0.478 e. The molecule has 2 aromatic heterocycles. The molecule has 30 heavy (non-hydrogen) atoms. The molecule has 2 aromatic carbocycles. The first kappa shape index (κ1) is 18.3. The van der Waals surface area contributed by atoms with Gasteiger partial charge in [-0.15, -0.1) is 0 Å². The summed E-state index contributed by atoms with van der Waals surface area (Å²) >= 11 is 0. The molecule has 0 saturated heterocycles. The van der Waals surface area contributed by atoms with E-state index in [9.17, 15) is 9.90 Å². The van der Waals surface area contributed by atoms with E-state index in [2.05, 4.69) is 39.7 Å². The van der Waals surface area contributed by atoms with Gasteiger partial charge in [-0.05, 0) is 54.2 Å². The van der Waals surface area contributed by atoms with Crippen LogP contribution in [0.25, 0.3) is 11.0 Å². The Morgan fingerprint density at radius 2 is 2.10 bits per heavy atom. The van der Waals surface area contributed by atoms with Crippen LogP contribution in [0.1, 0.15) is 46.4 Å². The minimum atomic E-state index is -0.920. The molecule has 0 radical (unpaired) electrons. The third-order valence-corrected chi connectivity index (χ3v) is 5.70. The molecule has 1 aliphatic carbocycles. The number of carbonyl (C=O) groups is 1. The van der Waals surface area contributed by atoms with Crippen LogP contribution in [0.3, 0.4) is 0 Å². The lowest BCUT2D eigenvalue weighted by Gasteiger charge is -2.14. The monoisotopic (exact) mass is 399 g/mol. The van der Waals surface area contributed by atoms with E-state index in [-0.39, 0.29) is 6.04 Å². The third-order valence-electron chi connectivity index (χ3n) is 5.70. The van der Waals surface area contributed by atoms with Crippen molar-refractivity contribution in [2.75, 3.05) is 5.32 Å². The minimum absolute atomic E-state index is 0.169. The van der Waals surface area contributed by atoms with Crippen LogP contribution in [-0.4, -0.2) is 30.8 Å². The van der Waals surface area contributed by atoms with Crippen LogP contribution in [-0.2, 0) is 12.8 Å². The summed E-state index contributed by atoms with van der Waals surface area (Å²) in [6.45, 7) is 1.94. The second-order valence-corrected chi connectivity index (χ2v) is 7.47. The lowest BCUT2D eigenvalue weighted by Crippen LogP contribution is -2.10. The Bertz CT molecular complexity index is 1260. The number of fused-ring (bicyclic) bond motifs is 2. The maximum Gasteiger partial charge on any atom is 0.335 e. The average Bonchev–Trinajstić information content (AvgIpc) is 3.37. The smallest absolute Gasteiger partial charge is 0.335 e. The maximum absolute atomic E-state index is 11.4. The van der Waals surface area contributed by atoms with Crippen molar-refractivity contribution < 1.29 is 9.90 Å². The quantitative estimate of drug-likeness (QED) is 0.518. The highest BCUT2D eigenvalue weighted by Gasteiger charge is 2.26. The molecule has 7 nitrogen and oxygen atoms in total. The van der Waals surface area contributed by atoms with Gasteiger partial charge < -0.3 is 10.4 Å². The number of aryl methyl sites for hydroxylation is 2. The predicted octanol–water partition coefficient (Wildman–Crippen LogP) is 4.37. The zero-order valence-corrected chi connectivity index (χ0v) is 16.5. The number of nitrogens with zero attached hydrogens (tertiary/aromatic N) is 4. The fraction of sp³-hybridized carbons (Fsp3) is 0.217. The van der Waals surface area contributed by atoms with E-state index in [4.69, 9.17) is 4.98 Å². The first-order chi connectivity index (χ1) is 14.6. The summed E-state index contributed by atoms with van der Waals surface area (Å²) in [7, 11) is 0. The van der Waals surface area contributed by atoms with Crippen molar-refractivity contribution >= 4 is 28.6 Å². The van der Waals surface area contributed by atoms with Gasteiger partial charge in [0.05, 0.1) is 23.2 Å². The number of aromatic carboxylic acids is 1. The molecular formula is C23H21N5O2. The molecule has 0 bridgehead atoms. The van der Waals surface area contributed by atoms with Crippen LogP contribution in [0.5, 0.6) is 0 Å². The summed E-state index contributed by atoms with van der Waals surface area (Å²) in [6, 6.07) is 13.8. The van der Waals surface area contributed by atoms with Crippen LogP contribution >= 0.6 is 0 Å². The zero-order chi connectivity index (χ0) is 20.7. The van der Waals surface area contributed by atoms with Gasteiger partial charge >= 0.3 is 5.97 Å². The molecule has 0 spiro atoms. The summed E-state index contributed by atoms with van der Waals surface area (Å²) in [5, 5.41) is 18.0. The second-order valence-electron chi connectivity index (χ2n) is 7.47. The Kier molecular flexibility index (Phi) is 4.43. The lowest BCUT2D eigenvalue weighted by atomic mass is 10.0. The fourth-order valence-electron chi connectivity index (χ4n) is 4.21. The number of nitrogens with one attached hydrogen (secondary N) is 1. The predicted molar refractivity (Wildman–Crippen MR) is 114 cm³/mol. The molecule has 0 aliphatic heterocycles. The van der Waals surface area contributed by atoms with Gasteiger partial charge in [-0.2, -0.15) is 10.1 Å². The van der Waals surface area contributed by atoms with Crippen molar-refractivity contribution in [1.29, 1.82) is 0 Å². The van der Waals surface area contributed by atoms with Gasteiger partial charge in [0.2, 0.25) is 5.95 Å². The van der Waals surface area contributed by atoms with E-state index in [0.29, 0.717) is 17.9 Å². The number of hydrogen-bond donors (Lipinski definition) is 2. The van der Waals surface area contributed by atoms with Crippen LogP contribution in [0.2, 0.25) is 0 Å². The summed E-state index contributed by atoms with van der Waals surface area (Å²) < 4.78 is 1.99. The molecule has 7 heteroatoms. The van der Waals surface area contributed by atoms with Crippen LogP contribution < -0.4 is 5.32 Å². The van der Waals surface area contributed by atoms with Crippen molar-refractivity contribution in [3.63, 3.8) is 0 Å². The molecule has 2 heterocycles. The normalized spacial score (nSPS) is 15.3. The summed E-state index contributed by atoms with van der Waals surface area (Å²) in [6.07, 6.45) is 6.23. The van der Waals surface area contributed by atoms with E-state index in [1.807, 2.05) is 17.7 Å². The van der Waals surface area contributed by atoms with E-state index in [1.165, 1.54) is 11.1 Å². The molecule has 1 aliphatic rings. The zero-order valence-electron chi connectivity index (χ0n) is 16.5. The van der Waals surface area contributed by atoms with Gasteiger partial charge in [-0.3, -0.25) is 0 Å². The Labute approximate surface area is 173 Å². The fourth-order valence-corrected chi connectivity index (χ4v) is 4.21. The second kappa shape index (κ2) is 7.26. The average molecular weight is 399 g/mol. The van der Waals surface area contributed by atoms with E-state index >= 15 is 0 Å². The van der Waals surface area contributed by atoms with Crippen LogP contribution in [0, 0.1) is 0 Å². The highest BCUT2D eigenvalue weighted by atomic mass is 16.4. The standard InChI is InChI=1S/C23H21N5O2/c1-2-14-11-17(8-9-19(14)22(29)30)26-23-24-12-16-13-25-28(21(16)27-23)20-10-7-15-5-3-4-6-18(15)20/h3-6,8-9,11-13,20H,2,7,10H2,1H3,(H,29,30)(H,24,26,27). The number of aromatic nitrogens is 4. The van der Waals surface area contributed by atoms with Gasteiger partial charge in [-0.1, -0.05) is 31.2 Å². The molecule has 0 amide bonds. The number of anilines is 2. The van der Waals surface area contributed by atoms with Crippen molar-refractivity contribution in [2.45, 2.75) is 32.2 Å². The molecule has 5 rings (SSSR count). The van der Waals surface area contributed by atoms with Gasteiger partial charge in [-0.25, -0.2) is 14.5 Å². The van der Waals surface area contributed by atoms with Gasteiger partial charge in [0, 0.05) is 11.9 Å². The van der Waals surface area contributed by atoms with Gasteiger partial charge in [0.1, 0.15) is 0 Å². The Morgan fingerprint density at radius 3 is 2.93 bits per heavy atom. The Hall–Kier alpha value is -3.74. The molecule has 4 aromatic rings. The van der Waals surface area contributed by atoms with E-state index in [0.717, 1.165) is 35.1 Å². The number of benzene rings is 2. The molecule has 1 unspecified atom stereocenters. The lowest BCUT2D eigenvalue weighted by molar-refractivity contribution is 0.0696. The first-order valence-corrected chi connectivity index (χ1v) is 10.1. The number of hydrogen-bond acceptors (Lipinski definition) is 5. The van der Waals surface area contributed by atoms with Crippen molar-refractivity contribution in [3.05, 3.63) is 77.1 Å². The number of carboxylic acids is 1. The molecule has 1 atom stereocenters. The Morgan fingerprint density at radius 1 is 1.23 bits per heavy atom. The van der Waals surface area contributed by atoms with Crippen LogP contribution in [0.4, 0.5) is 11.6 Å². The van der Waals surface area contributed by atoms with Crippen LogP contribution in [0.15, 0.2) is 54.9 Å². The van der Waals surface area contributed by atoms with E-state index < -0.39 is 5.97 Å². The highest BCUT2D eigenvalue weighted by molar-refractivity contribution is 5.90. The summed E-state index contributed by atoms with van der Waals surface area (Å²) in [5.41, 5.74) is 5.29. The summed E-state index contributed by atoms with van der Waals surface area (Å²) in [4.78, 5) is 20.5. The van der Waals surface area contributed by atoms with Gasteiger partial charge in [0.15, 0.2) is 5.65 Å². The topological polar surface area (TPSA) is 92.9 Å². The van der Waals surface area contributed by atoms with Crippen molar-refractivity contribution in [3.8, 4) is 0 Å². The molecule has 150 valence electrons. The van der Waals surface area contributed by atoms with Gasteiger partial charge in [0.25, 0.3) is 0 Å². The summed E-state index contributed by atoms with van der Waals surface area (Å²) in [5.74, 6) is -0.461. The molecule has 0 fully saturated rings. The third kappa shape index (κ3) is 3.08. The van der Waals surface area contributed by atoms with Crippen molar-refractivity contribution in [2.24, 2.45) is 0 Å². The number of carboxylic acid groups (broad SMARTS) is 1. The molecular weight excluding hydrogens is 378 g/mol. The molecule has 2 N–H and O–H groups in total. The highest BCUT2D eigenvalue weighted by Crippen LogP contribution is 2.35. The Balaban J connectivity index is 1.49. The molecule has 0 saturated carbocycles. The maximum atomic E-state index is 11.4. The van der Waals surface area contributed by atoms with Crippen molar-refractivity contribution in [1.82, 2.24) is 19.7 Å². The van der Waals surface area contributed by atoms with E-state index in [1.54, 1.807) is 24.5 Å². The number of rotatable bonds is 5. The first-order valence-electron chi connectivity index (χ1n) is 10.1. The largest absolute Gasteiger partial charge is 0.478 e.